The summed E-state index contributed by atoms with van der Waals surface area (Å²) in [6, 6.07) is 6.79. The number of nitrogens with one attached hydrogen (secondary N) is 3. The van der Waals surface area contributed by atoms with Crippen molar-refractivity contribution in [3.05, 3.63) is 29.8 Å². The average molecular weight is 1100 g/mol. The van der Waals surface area contributed by atoms with E-state index in [2.05, 4.69) is 95.0 Å². The highest BCUT2D eigenvalue weighted by atomic mass is 127. The second-order valence-corrected chi connectivity index (χ2v) is 23.8. The smallest absolute Gasteiger partial charge is 0.409 e. The van der Waals surface area contributed by atoms with Crippen molar-refractivity contribution in [3.8, 4) is 0 Å². The Morgan fingerprint density at radius 1 is 1.04 bits per heavy atom. The van der Waals surface area contributed by atoms with Gasteiger partial charge in [-0.3, -0.25) is 19.8 Å². The van der Waals surface area contributed by atoms with E-state index < -0.39 is 46.7 Å². The number of rotatable bonds is 18. The molecule has 0 aromatic heterocycles. The van der Waals surface area contributed by atoms with E-state index in [-0.39, 0.29) is 24.5 Å². The Kier molecular flexibility index (Phi) is 16.8. The molecule has 3 atom stereocenters. The third-order valence-electron chi connectivity index (χ3n) is 8.07. The zero-order valence-electron chi connectivity index (χ0n) is 27.2. The maximum atomic E-state index is 13.9. The number of nitrogens with two attached hydrogens (primary N) is 1. The Hall–Kier alpha value is -0.0431. The van der Waals surface area contributed by atoms with Crippen LogP contribution >= 0.6 is 90.4 Å². The Balaban J connectivity index is 3.78. The van der Waals surface area contributed by atoms with E-state index in [4.69, 9.17) is 10.2 Å². The fraction of sp³-hybridized carbons (Fsp3) is 0.655. The predicted octanol–water partition coefficient (Wildman–Crippen LogP) is 7.38. The van der Waals surface area contributed by atoms with Crippen molar-refractivity contribution in [3.63, 3.8) is 0 Å². The molecule has 6 N–H and O–H groups in total. The monoisotopic (exact) mass is 1100 g/mol. The largest absolute Gasteiger partial charge is 0.465 e. The van der Waals surface area contributed by atoms with Crippen LogP contribution < -0.4 is 21.7 Å². The summed E-state index contributed by atoms with van der Waals surface area (Å²) < 4.78 is 3.87. The third kappa shape index (κ3) is 11.2. The first-order valence-electron chi connectivity index (χ1n) is 14.6. The summed E-state index contributed by atoms with van der Waals surface area (Å²) in [5, 5.41) is 19.7. The van der Waals surface area contributed by atoms with E-state index in [0.29, 0.717) is 25.1 Å². The number of hydrogen-bond acceptors (Lipinski definition) is 7. The number of hydrogen-bond donors (Lipinski definition) is 5. The first-order chi connectivity index (χ1) is 20.5. The Labute approximate surface area is 323 Å². The van der Waals surface area contributed by atoms with Gasteiger partial charge in [-0.15, -0.1) is 0 Å². The van der Waals surface area contributed by atoms with Gasteiger partial charge in [0.15, 0.2) is 19.6 Å². The number of urea groups is 1. The van der Waals surface area contributed by atoms with Crippen LogP contribution in [0.3, 0.4) is 0 Å². The number of amides is 3. The van der Waals surface area contributed by atoms with Crippen LogP contribution in [-0.2, 0) is 20.6 Å². The molecule has 3 unspecified atom stereocenters. The van der Waals surface area contributed by atoms with E-state index in [9.17, 15) is 24.3 Å². The van der Waals surface area contributed by atoms with E-state index >= 15 is 0 Å². The number of carboxylic acid groups (broad SMARTS) is 1. The minimum absolute atomic E-state index is 0.0646. The molecule has 3 amide bonds. The highest BCUT2D eigenvalue weighted by molar-refractivity contribution is 14.1. The zero-order valence-corrected chi connectivity index (χ0v) is 36.8. The average Bonchev–Trinajstić information content (AvgIpc) is 2.89. The zero-order chi connectivity index (χ0) is 35.0. The summed E-state index contributed by atoms with van der Waals surface area (Å²) in [6.07, 6.45) is 0.197. The van der Waals surface area contributed by atoms with Crippen LogP contribution in [-0.4, -0.2) is 69.8 Å². The maximum Gasteiger partial charge on any atom is 0.409 e. The van der Waals surface area contributed by atoms with Gasteiger partial charge in [0.2, 0.25) is 7.58 Å². The van der Waals surface area contributed by atoms with Crippen molar-refractivity contribution in [2.75, 3.05) is 18.4 Å². The number of alkyl halides is 2. The van der Waals surface area contributed by atoms with Gasteiger partial charge >= 0.3 is 12.1 Å². The van der Waals surface area contributed by atoms with Gasteiger partial charge < -0.3 is 25.9 Å². The molecule has 0 heterocycles. The number of carbonyl (C=O) groups is 4. The van der Waals surface area contributed by atoms with Crippen molar-refractivity contribution in [1.29, 1.82) is 0 Å². The molecule has 1 rings (SSSR count). The van der Waals surface area contributed by atoms with E-state index in [1.165, 1.54) is 0 Å². The van der Waals surface area contributed by atoms with E-state index in [1.807, 2.05) is 31.2 Å². The van der Waals surface area contributed by atoms with Crippen molar-refractivity contribution in [2.24, 2.45) is 5.73 Å². The topological polar surface area (TPSA) is 163 Å². The standard InChI is InChI=1S/C29H47I4N5O6Si/c1-9-10-17-38(25(42)43)29(23(32)40,27(5,6)33)37-28(22(31)39,21(30)15-16-35-24(34)41)36-20-13-11-19(12-14-20)18-44-45(7,8)26(2,3)4/h11-14,21,36-37H,9-10,15-18H2,1-8H3,(H,42,43)(H3,34,35,41). The molecule has 0 spiro atoms. The van der Waals surface area contributed by atoms with Gasteiger partial charge in [0, 0.05) is 64.0 Å². The number of carbonyl (C=O) groups excluding carboxylic acids is 3. The van der Waals surface area contributed by atoms with Crippen LogP contribution in [0.1, 0.15) is 66.4 Å². The SMILES string of the molecule is CCCCN(C(=O)O)C(NC(Nc1ccc(CO[Si](C)(C)C(C)(C)C)cc1)(C(=O)I)C(I)CCNC(N)=O)(C(=O)I)C(C)(C)I. The molecular weight excluding hydrogens is 1050 g/mol. The molecule has 0 bridgehead atoms. The van der Waals surface area contributed by atoms with Crippen LogP contribution in [0.5, 0.6) is 0 Å². The van der Waals surface area contributed by atoms with Crippen LogP contribution in [0.15, 0.2) is 24.3 Å². The maximum absolute atomic E-state index is 13.9. The highest BCUT2D eigenvalue weighted by Gasteiger charge is 2.61. The summed E-state index contributed by atoms with van der Waals surface area (Å²) in [6.45, 7) is 17.1. The van der Waals surface area contributed by atoms with Gasteiger partial charge in [-0.25, -0.2) is 9.59 Å². The van der Waals surface area contributed by atoms with Crippen molar-refractivity contribution in [2.45, 2.75) is 104 Å². The molecule has 0 fully saturated rings. The van der Waals surface area contributed by atoms with Crippen LogP contribution in [0.4, 0.5) is 15.3 Å². The third-order valence-corrected chi connectivity index (χ3v) is 16.5. The summed E-state index contributed by atoms with van der Waals surface area (Å²) in [4.78, 5) is 53.0. The second kappa shape index (κ2) is 17.6. The van der Waals surface area contributed by atoms with Crippen molar-refractivity contribution in [1.82, 2.24) is 15.5 Å². The lowest BCUT2D eigenvalue weighted by Gasteiger charge is -2.53. The molecule has 0 aliphatic carbocycles. The molecule has 11 nitrogen and oxygen atoms in total. The van der Waals surface area contributed by atoms with Gasteiger partial charge in [-0.1, -0.05) is 91.4 Å². The molecule has 0 saturated carbocycles. The molecule has 0 aliphatic heterocycles. The Morgan fingerprint density at radius 3 is 2.00 bits per heavy atom. The number of unbranched alkanes of at least 4 members (excludes halogenated alkanes) is 1. The molecule has 0 saturated heterocycles. The lowest BCUT2D eigenvalue weighted by Crippen LogP contribution is -2.80. The van der Waals surface area contributed by atoms with Gasteiger partial charge in [-0.2, -0.15) is 0 Å². The number of anilines is 1. The molecule has 1 aromatic carbocycles. The quantitative estimate of drug-likeness (QED) is 0.0335. The lowest BCUT2D eigenvalue weighted by atomic mass is 9.90. The summed E-state index contributed by atoms with van der Waals surface area (Å²) in [5.74, 6) is 0. The summed E-state index contributed by atoms with van der Waals surface area (Å²) in [5.41, 5.74) is 3.34. The van der Waals surface area contributed by atoms with E-state index in [0.717, 1.165) is 10.5 Å². The number of primary amides is 1. The van der Waals surface area contributed by atoms with Gasteiger partial charge in [0.1, 0.15) is 0 Å². The Bertz CT molecular complexity index is 1200. The molecule has 16 heteroatoms. The molecule has 0 radical (unpaired) electrons. The van der Waals surface area contributed by atoms with Crippen LogP contribution in [0.25, 0.3) is 0 Å². The minimum Gasteiger partial charge on any atom is -0.465 e. The van der Waals surface area contributed by atoms with Crippen molar-refractivity contribution >= 4 is 124 Å². The Morgan fingerprint density at radius 2 is 1.60 bits per heavy atom. The lowest BCUT2D eigenvalue weighted by molar-refractivity contribution is -0.127. The fourth-order valence-corrected chi connectivity index (χ4v) is 9.67. The minimum atomic E-state index is -1.97. The van der Waals surface area contributed by atoms with Crippen LogP contribution in [0.2, 0.25) is 18.1 Å². The van der Waals surface area contributed by atoms with Crippen LogP contribution in [0, 0.1) is 0 Å². The summed E-state index contributed by atoms with van der Waals surface area (Å²) >= 11 is 7.48. The van der Waals surface area contributed by atoms with E-state index in [1.54, 1.807) is 59.0 Å². The fourth-order valence-electron chi connectivity index (χ4n) is 4.27. The number of benzene rings is 1. The first-order valence-corrected chi connectivity index (χ1v) is 21.9. The molecule has 45 heavy (non-hydrogen) atoms. The molecule has 0 aliphatic rings. The summed E-state index contributed by atoms with van der Waals surface area (Å²) in [7, 11) is -1.97. The predicted molar refractivity (Wildman–Crippen MR) is 216 cm³/mol. The normalized spacial score (nSPS) is 15.7. The molecule has 256 valence electrons. The van der Waals surface area contributed by atoms with Gasteiger partial charge in [0.05, 0.1) is 14.0 Å². The van der Waals surface area contributed by atoms with Crippen molar-refractivity contribution < 1.29 is 28.7 Å². The number of nitrogens with zero attached hydrogens (tertiary/aromatic N) is 1. The van der Waals surface area contributed by atoms with Gasteiger partial charge in [0.25, 0.3) is 0 Å². The van der Waals surface area contributed by atoms with Gasteiger partial charge in [-0.05, 0) is 62.5 Å². The molecule has 1 aromatic rings. The highest BCUT2D eigenvalue weighted by Crippen LogP contribution is 2.42. The molecular formula is C29H47I4N5O6Si. The first kappa shape index (κ1) is 43.0. The second-order valence-electron chi connectivity index (χ2n) is 12.9. The number of halogens is 4.